The van der Waals surface area contributed by atoms with Crippen molar-refractivity contribution in [3.8, 4) is 0 Å². The number of benzene rings is 2. The lowest BCUT2D eigenvalue weighted by molar-refractivity contribution is 0.947. The number of rotatable bonds is 3. The molecular formula is C13H9Br3N2. The Kier molecular flexibility index (Phi) is 5.09. The van der Waals surface area contributed by atoms with Gasteiger partial charge in [0.1, 0.15) is 0 Å². The first-order valence-electron chi connectivity index (χ1n) is 5.22. The van der Waals surface area contributed by atoms with Crippen molar-refractivity contribution in [3.63, 3.8) is 0 Å². The molecule has 92 valence electrons. The summed E-state index contributed by atoms with van der Waals surface area (Å²) in [5.41, 5.74) is 1.88. The molecule has 1 atom stereocenters. The van der Waals surface area contributed by atoms with Gasteiger partial charge in [-0.3, -0.25) is 0 Å². The van der Waals surface area contributed by atoms with Crippen LogP contribution in [0.5, 0.6) is 0 Å². The lowest BCUT2D eigenvalue weighted by Gasteiger charge is -2.03. The molecule has 0 N–H and O–H groups in total. The monoisotopic (exact) mass is 430 g/mol. The molecular weight excluding hydrogens is 424 g/mol. The Bertz CT molecular complexity index is 555. The Balaban J connectivity index is 2.16. The van der Waals surface area contributed by atoms with E-state index in [1.54, 1.807) is 0 Å². The summed E-state index contributed by atoms with van der Waals surface area (Å²) in [6, 6.07) is 15.7. The largest absolute Gasteiger partial charge is 0.169 e. The number of alkyl halides is 1. The van der Waals surface area contributed by atoms with Gasteiger partial charge in [0.2, 0.25) is 0 Å². The van der Waals surface area contributed by atoms with Gasteiger partial charge >= 0.3 is 0 Å². The van der Waals surface area contributed by atoms with Crippen molar-refractivity contribution in [2.45, 2.75) is 4.95 Å². The average molecular weight is 433 g/mol. The van der Waals surface area contributed by atoms with Gasteiger partial charge in [-0.15, -0.1) is 0 Å². The van der Waals surface area contributed by atoms with E-state index >= 15 is 0 Å². The van der Waals surface area contributed by atoms with Gasteiger partial charge in [0.15, 0.2) is 4.95 Å². The molecule has 2 aromatic rings. The third-order valence-corrected chi connectivity index (χ3v) is 4.09. The van der Waals surface area contributed by atoms with Crippen molar-refractivity contribution in [2.75, 3.05) is 0 Å². The van der Waals surface area contributed by atoms with Gasteiger partial charge in [0, 0.05) is 8.95 Å². The first-order valence-corrected chi connectivity index (χ1v) is 7.72. The smallest absolute Gasteiger partial charge is 0.151 e. The second-order valence-corrected chi connectivity index (χ2v) is 6.20. The Morgan fingerprint density at radius 2 is 1.67 bits per heavy atom. The topological polar surface area (TPSA) is 24.7 Å². The molecule has 5 heteroatoms. The van der Waals surface area contributed by atoms with Crippen LogP contribution in [0.15, 0.2) is 67.7 Å². The van der Waals surface area contributed by atoms with E-state index in [1.165, 1.54) is 0 Å². The van der Waals surface area contributed by atoms with Gasteiger partial charge in [0.25, 0.3) is 0 Å². The molecule has 1 unspecified atom stereocenters. The summed E-state index contributed by atoms with van der Waals surface area (Å²) in [6.07, 6.45) is 0. The summed E-state index contributed by atoms with van der Waals surface area (Å²) < 4.78 is 1.92. The van der Waals surface area contributed by atoms with Crippen LogP contribution in [0.25, 0.3) is 0 Å². The van der Waals surface area contributed by atoms with E-state index in [2.05, 4.69) is 58.0 Å². The number of nitrogens with zero attached hydrogens (tertiary/aromatic N) is 2. The number of azo groups is 1. The number of hydrogen-bond donors (Lipinski definition) is 0. The maximum absolute atomic E-state index is 4.25. The van der Waals surface area contributed by atoms with E-state index in [0.29, 0.717) is 0 Å². The molecule has 0 aliphatic rings. The normalized spacial score (nSPS) is 12.8. The van der Waals surface area contributed by atoms with Crippen LogP contribution in [0.4, 0.5) is 5.69 Å². The van der Waals surface area contributed by atoms with E-state index in [-0.39, 0.29) is 4.95 Å². The third kappa shape index (κ3) is 3.73. The summed E-state index contributed by atoms with van der Waals surface area (Å²) in [7, 11) is 0. The van der Waals surface area contributed by atoms with E-state index < -0.39 is 0 Å². The molecule has 0 saturated heterocycles. The van der Waals surface area contributed by atoms with Crippen LogP contribution in [0.2, 0.25) is 0 Å². The molecule has 0 saturated carbocycles. The van der Waals surface area contributed by atoms with Crippen LogP contribution < -0.4 is 0 Å². The Morgan fingerprint density at radius 3 is 2.33 bits per heavy atom. The second kappa shape index (κ2) is 6.59. The SMILES string of the molecule is Brc1ccc(N=NC(Br)c2ccccc2)c(Br)c1. The van der Waals surface area contributed by atoms with Gasteiger partial charge in [-0.1, -0.05) is 62.2 Å². The molecule has 0 amide bonds. The molecule has 0 aliphatic carbocycles. The predicted octanol–water partition coefficient (Wildman–Crippen LogP) is 6.39. The van der Waals surface area contributed by atoms with Crippen LogP contribution in [-0.2, 0) is 0 Å². The van der Waals surface area contributed by atoms with Crippen molar-refractivity contribution < 1.29 is 0 Å². The highest BCUT2D eigenvalue weighted by Gasteiger charge is 2.05. The molecule has 2 aromatic carbocycles. The van der Waals surface area contributed by atoms with Gasteiger partial charge < -0.3 is 0 Å². The highest BCUT2D eigenvalue weighted by atomic mass is 79.9. The average Bonchev–Trinajstić information content (AvgIpc) is 2.38. The van der Waals surface area contributed by atoms with Crippen molar-refractivity contribution in [3.05, 3.63) is 63.0 Å². The summed E-state index contributed by atoms with van der Waals surface area (Å²) in [6.45, 7) is 0. The fourth-order valence-electron chi connectivity index (χ4n) is 1.35. The predicted molar refractivity (Wildman–Crippen MR) is 84.5 cm³/mol. The molecule has 0 bridgehead atoms. The van der Waals surface area contributed by atoms with Crippen LogP contribution in [0, 0.1) is 0 Å². The fraction of sp³-hybridized carbons (Fsp3) is 0.0769. The Labute approximate surface area is 131 Å². The minimum absolute atomic E-state index is 0.130. The lowest BCUT2D eigenvalue weighted by Crippen LogP contribution is -1.83. The number of hydrogen-bond acceptors (Lipinski definition) is 2. The summed E-state index contributed by atoms with van der Waals surface area (Å²) in [5.74, 6) is 0. The summed E-state index contributed by atoms with van der Waals surface area (Å²) >= 11 is 10.4. The maximum Gasteiger partial charge on any atom is 0.151 e. The summed E-state index contributed by atoms with van der Waals surface area (Å²) in [5, 5.41) is 8.49. The van der Waals surface area contributed by atoms with Crippen molar-refractivity contribution in [2.24, 2.45) is 10.2 Å². The van der Waals surface area contributed by atoms with Crippen LogP contribution >= 0.6 is 47.8 Å². The standard InChI is InChI=1S/C13H9Br3N2/c14-10-6-7-12(11(15)8-10)17-18-13(16)9-4-2-1-3-5-9/h1-8,13H. The lowest BCUT2D eigenvalue weighted by atomic mass is 10.2. The zero-order chi connectivity index (χ0) is 13.0. The minimum atomic E-state index is -0.130. The Hall–Kier alpha value is -0.520. The van der Waals surface area contributed by atoms with Crippen LogP contribution in [0.1, 0.15) is 10.5 Å². The minimum Gasteiger partial charge on any atom is -0.169 e. The van der Waals surface area contributed by atoms with Gasteiger partial charge in [-0.25, -0.2) is 0 Å². The molecule has 0 aromatic heterocycles. The highest BCUT2D eigenvalue weighted by molar-refractivity contribution is 9.11. The van der Waals surface area contributed by atoms with Gasteiger partial charge in [0.05, 0.1) is 5.69 Å². The van der Waals surface area contributed by atoms with E-state index in [4.69, 9.17) is 0 Å². The van der Waals surface area contributed by atoms with Crippen molar-refractivity contribution in [1.82, 2.24) is 0 Å². The summed E-state index contributed by atoms with van der Waals surface area (Å²) in [4.78, 5) is -0.130. The highest BCUT2D eigenvalue weighted by Crippen LogP contribution is 2.31. The maximum atomic E-state index is 4.25. The third-order valence-electron chi connectivity index (χ3n) is 2.25. The first-order chi connectivity index (χ1) is 8.66. The number of halogens is 3. The molecule has 0 spiro atoms. The Morgan fingerprint density at radius 1 is 0.944 bits per heavy atom. The quantitative estimate of drug-likeness (QED) is 0.305. The zero-order valence-electron chi connectivity index (χ0n) is 9.22. The van der Waals surface area contributed by atoms with Crippen LogP contribution in [0.3, 0.4) is 0 Å². The molecule has 0 heterocycles. The van der Waals surface area contributed by atoms with Gasteiger partial charge in [-0.2, -0.15) is 10.2 Å². The van der Waals surface area contributed by atoms with E-state index in [1.807, 2.05) is 48.5 Å². The van der Waals surface area contributed by atoms with E-state index in [0.717, 1.165) is 20.2 Å². The first kappa shape index (κ1) is 13.9. The molecule has 2 nitrogen and oxygen atoms in total. The molecule has 0 aliphatic heterocycles. The molecule has 0 fully saturated rings. The van der Waals surface area contributed by atoms with Crippen molar-refractivity contribution >= 4 is 53.5 Å². The van der Waals surface area contributed by atoms with Gasteiger partial charge in [-0.05, 0) is 39.7 Å². The second-order valence-electron chi connectivity index (χ2n) is 3.56. The fourth-order valence-corrected chi connectivity index (χ4v) is 2.88. The van der Waals surface area contributed by atoms with E-state index in [9.17, 15) is 0 Å². The zero-order valence-corrected chi connectivity index (χ0v) is 14.0. The van der Waals surface area contributed by atoms with Crippen molar-refractivity contribution in [1.29, 1.82) is 0 Å². The molecule has 0 radical (unpaired) electrons. The molecule has 2 rings (SSSR count). The van der Waals surface area contributed by atoms with Crippen LogP contribution in [-0.4, -0.2) is 0 Å². The molecule has 18 heavy (non-hydrogen) atoms.